The van der Waals surface area contributed by atoms with E-state index in [2.05, 4.69) is 22.5 Å². The predicted molar refractivity (Wildman–Crippen MR) is 151 cm³/mol. The average molecular weight is 550 g/mol. The number of amides is 2. The molecule has 0 bridgehead atoms. The van der Waals surface area contributed by atoms with Crippen LogP contribution in [0.3, 0.4) is 0 Å². The molecule has 2 amide bonds. The fourth-order valence-corrected chi connectivity index (χ4v) is 6.30. The Morgan fingerprint density at radius 3 is 2.62 bits per heavy atom. The van der Waals surface area contributed by atoms with Gasteiger partial charge in [0.05, 0.1) is 19.6 Å². The van der Waals surface area contributed by atoms with Crippen molar-refractivity contribution in [3.8, 4) is 0 Å². The Hall–Kier alpha value is -3.66. The second kappa shape index (κ2) is 10.8. The van der Waals surface area contributed by atoms with Gasteiger partial charge in [-0.05, 0) is 50.8 Å². The Balaban J connectivity index is 1.24. The van der Waals surface area contributed by atoms with Gasteiger partial charge in [0.25, 0.3) is 5.56 Å². The third-order valence-corrected chi connectivity index (χ3v) is 8.26. The lowest BCUT2D eigenvalue weighted by atomic mass is 9.99. The zero-order valence-corrected chi connectivity index (χ0v) is 23.6. The van der Waals surface area contributed by atoms with Crippen LogP contribution in [-0.2, 0) is 35.7 Å². The molecule has 2 atom stereocenters. The number of carbonyl (C=O) groups excluding carboxylic acids is 2. The zero-order chi connectivity index (χ0) is 27.7. The minimum atomic E-state index is -0.577. The van der Waals surface area contributed by atoms with Gasteiger partial charge in [0.1, 0.15) is 11.6 Å². The molecule has 0 spiro atoms. The molecule has 4 heterocycles. The lowest BCUT2D eigenvalue weighted by Crippen LogP contribution is -2.36. The topological polar surface area (TPSA) is 106 Å². The van der Waals surface area contributed by atoms with E-state index in [1.165, 1.54) is 0 Å². The van der Waals surface area contributed by atoms with Gasteiger partial charge in [-0.1, -0.05) is 37.3 Å². The number of hydrogen-bond donors (Lipinski definition) is 2. The minimum absolute atomic E-state index is 0.105. The Labute approximate surface area is 232 Å². The van der Waals surface area contributed by atoms with Crippen LogP contribution < -0.4 is 16.2 Å². The van der Waals surface area contributed by atoms with Crippen molar-refractivity contribution < 1.29 is 14.3 Å². The Morgan fingerprint density at radius 1 is 1.15 bits per heavy atom. The van der Waals surface area contributed by atoms with Crippen molar-refractivity contribution in [2.45, 2.75) is 84.3 Å². The number of carbonyl (C=O) groups is 2. The van der Waals surface area contributed by atoms with Crippen LogP contribution in [0.4, 0.5) is 10.6 Å². The third-order valence-electron chi connectivity index (χ3n) is 7.09. The van der Waals surface area contributed by atoms with Crippen LogP contribution in [0.1, 0.15) is 79.1 Å². The van der Waals surface area contributed by atoms with Crippen molar-refractivity contribution in [3.63, 3.8) is 0 Å². The van der Waals surface area contributed by atoms with E-state index in [0.717, 1.165) is 33.0 Å². The molecule has 39 heavy (non-hydrogen) atoms. The standard InChI is InChI=1S/C29H35N5O4S/c1-5-19-12-22(34-23(19)15-31-25(27(34)36)30-13-18-9-7-6-8-10-18)26(35)32-14-21-11-20-16-33(17-24(20)39-21)28(37)38-29(2,3)4/h6-11,15,19,22H,5,12-14,16-17H2,1-4H3,(H,30,31)(H,32,35)/t19-,22-/m0/s1. The second-order valence-electron chi connectivity index (χ2n) is 11.1. The quantitative estimate of drug-likeness (QED) is 0.433. The molecule has 0 radical (unpaired) electrons. The van der Waals surface area contributed by atoms with Gasteiger partial charge in [0, 0.05) is 34.1 Å². The predicted octanol–water partition coefficient (Wildman–Crippen LogP) is 4.92. The first-order valence-corrected chi connectivity index (χ1v) is 14.2. The molecule has 2 aliphatic heterocycles. The van der Waals surface area contributed by atoms with E-state index in [0.29, 0.717) is 32.6 Å². The summed E-state index contributed by atoms with van der Waals surface area (Å²) in [6.45, 7) is 9.51. The van der Waals surface area contributed by atoms with E-state index in [1.54, 1.807) is 27.0 Å². The highest BCUT2D eigenvalue weighted by Gasteiger charge is 2.36. The molecule has 2 N–H and O–H groups in total. The molecule has 206 valence electrons. The molecule has 9 nitrogen and oxygen atoms in total. The van der Waals surface area contributed by atoms with Gasteiger partial charge in [-0.2, -0.15) is 0 Å². The first-order chi connectivity index (χ1) is 18.6. The van der Waals surface area contributed by atoms with Crippen LogP contribution in [0.2, 0.25) is 0 Å². The lowest BCUT2D eigenvalue weighted by Gasteiger charge is -2.24. The number of fused-ring (bicyclic) bond motifs is 2. The van der Waals surface area contributed by atoms with Crippen molar-refractivity contribution in [2.24, 2.45) is 0 Å². The van der Waals surface area contributed by atoms with Crippen LogP contribution in [0.5, 0.6) is 0 Å². The number of anilines is 1. The zero-order valence-electron chi connectivity index (χ0n) is 22.8. The largest absolute Gasteiger partial charge is 0.444 e. The first-order valence-electron chi connectivity index (χ1n) is 13.4. The summed E-state index contributed by atoms with van der Waals surface area (Å²) in [4.78, 5) is 47.4. The number of benzene rings is 1. The number of aromatic nitrogens is 2. The normalized spacial score (nSPS) is 18.0. The van der Waals surface area contributed by atoms with Gasteiger partial charge >= 0.3 is 6.09 Å². The van der Waals surface area contributed by atoms with Crippen molar-refractivity contribution >= 4 is 29.2 Å². The maximum atomic E-state index is 13.4. The molecular formula is C29H35N5O4S. The SMILES string of the molecule is CC[C@H]1C[C@@H](C(=O)NCc2cc3c(s2)CN(C(=O)OC(C)(C)C)C3)n2c1cnc(NCc1ccccc1)c2=O. The molecular weight excluding hydrogens is 514 g/mol. The van der Waals surface area contributed by atoms with Crippen LogP contribution in [-0.4, -0.2) is 32.1 Å². The van der Waals surface area contributed by atoms with Gasteiger partial charge in [0.2, 0.25) is 5.91 Å². The van der Waals surface area contributed by atoms with Crippen molar-refractivity contribution in [1.29, 1.82) is 0 Å². The molecule has 0 aliphatic carbocycles. The highest BCUT2D eigenvalue weighted by molar-refractivity contribution is 7.12. The summed E-state index contributed by atoms with van der Waals surface area (Å²) in [5.41, 5.74) is 2.14. The van der Waals surface area contributed by atoms with Crippen molar-refractivity contribution in [3.05, 3.63) is 79.5 Å². The Kier molecular flexibility index (Phi) is 7.48. The molecule has 3 aromatic rings. The summed E-state index contributed by atoms with van der Waals surface area (Å²) in [5, 5.41) is 6.19. The molecule has 2 aromatic heterocycles. The van der Waals surface area contributed by atoms with Crippen LogP contribution in [0.15, 0.2) is 47.4 Å². The molecule has 1 aromatic carbocycles. The van der Waals surface area contributed by atoms with Gasteiger partial charge in [-0.3, -0.25) is 19.1 Å². The van der Waals surface area contributed by atoms with Crippen LogP contribution >= 0.6 is 11.3 Å². The number of hydrogen-bond acceptors (Lipinski definition) is 7. The second-order valence-corrected chi connectivity index (χ2v) is 12.3. The Morgan fingerprint density at radius 2 is 1.92 bits per heavy atom. The highest BCUT2D eigenvalue weighted by Crippen LogP contribution is 2.37. The maximum absolute atomic E-state index is 13.4. The number of ether oxygens (including phenoxy) is 1. The highest BCUT2D eigenvalue weighted by atomic mass is 32.1. The third kappa shape index (κ3) is 5.85. The number of nitrogens with zero attached hydrogens (tertiary/aromatic N) is 3. The fourth-order valence-electron chi connectivity index (χ4n) is 5.17. The summed E-state index contributed by atoms with van der Waals surface area (Å²) < 4.78 is 7.11. The molecule has 0 saturated heterocycles. The van der Waals surface area contributed by atoms with E-state index in [-0.39, 0.29) is 29.3 Å². The molecule has 2 aliphatic rings. The summed E-state index contributed by atoms with van der Waals surface area (Å²) in [6.07, 6.45) is 2.82. The summed E-state index contributed by atoms with van der Waals surface area (Å²) in [6, 6.07) is 11.3. The van der Waals surface area contributed by atoms with E-state index in [9.17, 15) is 14.4 Å². The number of thiophene rings is 1. The van der Waals surface area contributed by atoms with Gasteiger partial charge in [0.15, 0.2) is 5.82 Å². The van der Waals surface area contributed by atoms with E-state index >= 15 is 0 Å². The number of nitrogens with one attached hydrogen (secondary N) is 2. The van der Waals surface area contributed by atoms with E-state index in [4.69, 9.17) is 4.74 Å². The van der Waals surface area contributed by atoms with Crippen LogP contribution in [0.25, 0.3) is 0 Å². The summed E-state index contributed by atoms with van der Waals surface area (Å²) >= 11 is 1.59. The Bertz CT molecular complexity index is 1400. The van der Waals surface area contributed by atoms with Gasteiger partial charge in [-0.25, -0.2) is 9.78 Å². The summed E-state index contributed by atoms with van der Waals surface area (Å²) in [7, 11) is 0. The maximum Gasteiger partial charge on any atom is 0.410 e. The lowest BCUT2D eigenvalue weighted by molar-refractivity contribution is -0.124. The van der Waals surface area contributed by atoms with Gasteiger partial charge < -0.3 is 15.4 Å². The van der Waals surface area contributed by atoms with Crippen molar-refractivity contribution in [1.82, 2.24) is 19.8 Å². The molecule has 5 rings (SSSR count). The minimum Gasteiger partial charge on any atom is -0.444 e. The smallest absolute Gasteiger partial charge is 0.410 e. The van der Waals surface area contributed by atoms with Gasteiger partial charge in [-0.15, -0.1) is 11.3 Å². The molecule has 0 unspecified atom stereocenters. The van der Waals surface area contributed by atoms with Crippen LogP contribution in [0, 0.1) is 0 Å². The average Bonchev–Trinajstić information content (AvgIpc) is 3.58. The summed E-state index contributed by atoms with van der Waals surface area (Å²) in [5.74, 6) is 0.188. The van der Waals surface area contributed by atoms with Crippen molar-refractivity contribution in [2.75, 3.05) is 5.32 Å². The number of rotatable bonds is 7. The van der Waals surface area contributed by atoms with E-state index < -0.39 is 11.6 Å². The molecule has 0 fully saturated rings. The molecule has 10 heteroatoms. The monoisotopic (exact) mass is 549 g/mol. The first kappa shape index (κ1) is 26.9. The fraction of sp³-hybridized carbons (Fsp3) is 0.448. The van der Waals surface area contributed by atoms with E-state index in [1.807, 2.05) is 57.2 Å². The molecule has 0 saturated carbocycles.